The summed E-state index contributed by atoms with van der Waals surface area (Å²) in [6.07, 6.45) is 0. The summed E-state index contributed by atoms with van der Waals surface area (Å²) in [5.74, 6) is 7.54. The van der Waals surface area contributed by atoms with Crippen molar-refractivity contribution < 1.29 is 0 Å². The normalized spacial score (nSPS) is 11.8. The summed E-state index contributed by atoms with van der Waals surface area (Å²) in [7, 11) is 0. The van der Waals surface area contributed by atoms with Gasteiger partial charge in [-0.25, -0.2) is 9.66 Å². The maximum atomic E-state index is 6.08. The lowest BCUT2D eigenvalue weighted by atomic mass is 9.96. The van der Waals surface area contributed by atoms with Gasteiger partial charge in [-0.05, 0) is 23.3 Å². The number of aromatic nitrogens is 5. The van der Waals surface area contributed by atoms with Crippen molar-refractivity contribution in [1.29, 1.82) is 0 Å². The molecule has 3 aromatic rings. The van der Waals surface area contributed by atoms with Crippen LogP contribution in [0.1, 0.15) is 26.6 Å². The Balaban J connectivity index is 1.83. The number of nitrogens with two attached hydrogens (primary N) is 1. The van der Waals surface area contributed by atoms with E-state index in [4.69, 9.17) is 5.84 Å². The smallest absolute Gasteiger partial charge is 0.216 e. The van der Waals surface area contributed by atoms with Gasteiger partial charge in [-0.2, -0.15) is 4.37 Å². The van der Waals surface area contributed by atoms with Gasteiger partial charge in [-0.3, -0.25) is 0 Å². The first-order valence-corrected chi connectivity index (χ1v) is 8.32. The first kappa shape index (κ1) is 15.0. The Morgan fingerprint density at radius 1 is 1.14 bits per heavy atom. The van der Waals surface area contributed by atoms with Gasteiger partial charge in [0, 0.05) is 11.0 Å². The average Bonchev–Trinajstić information content (AvgIpc) is 3.08. The molecule has 114 valence electrons. The average molecular weight is 332 g/mol. The van der Waals surface area contributed by atoms with E-state index in [1.807, 2.05) is 51.1 Å². The van der Waals surface area contributed by atoms with Crippen LogP contribution in [0.4, 0.5) is 0 Å². The molecule has 3 rings (SSSR count). The monoisotopic (exact) mass is 332 g/mol. The number of rotatable bonds is 3. The van der Waals surface area contributed by atoms with E-state index in [1.165, 1.54) is 28.0 Å². The number of nitrogens with zero attached hydrogens (tertiary/aromatic N) is 5. The van der Waals surface area contributed by atoms with Crippen molar-refractivity contribution >= 4 is 23.3 Å². The topological polar surface area (TPSA) is 82.5 Å². The molecule has 1 aromatic carbocycles. The van der Waals surface area contributed by atoms with E-state index < -0.39 is 0 Å². The zero-order valence-electron chi connectivity index (χ0n) is 12.5. The number of hydrogen-bond acceptors (Lipinski definition) is 7. The summed E-state index contributed by atoms with van der Waals surface area (Å²) < 4.78 is 6.69. The lowest BCUT2D eigenvalue weighted by Crippen LogP contribution is -2.24. The van der Waals surface area contributed by atoms with Gasteiger partial charge < -0.3 is 5.84 Å². The fraction of sp³-hybridized carbons (Fsp3) is 0.286. The van der Waals surface area contributed by atoms with Crippen molar-refractivity contribution in [3.63, 3.8) is 0 Å². The molecule has 0 saturated heterocycles. The molecule has 0 amide bonds. The third-order valence-corrected chi connectivity index (χ3v) is 4.67. The molecule has 0 atom stereocenters. The molecule has 0 fully saturated rings. The number of nitrogen functional groups attached to an aromatic ring is 1. The molecule has 2 heterocycles. The molecule has 0 spiro atoms. The molecule has 8 heteroatoms. The molecule has 0 bridgehead atoms. The summed E-state index contributed by atoms with van der Waals surface area (Å²) in [6.45, 7) is 6.15. The van der Waals surface area contributed by atoms with Crippen LogP contribution in [-0.4, -0.2) is 24.2 Å². The first-order chi connectivity index (χ1) is 10.4. The van der Waals surface area contributed by atoms with Crippen LogP contribution in [0.5, 0.6) is 0 Å². The molecule has 6 nitrogen and oxygen atoms in total. The Labute approximate surface area is 136 Å². The highest BCUT2D eigenvalue weighted by atomic mass is 32.2. The summed E-state index contributed by atoms with van der Waals surface area (Å²) >= 11 is 2.71. The highest BCUT2D eigenvalue weighted by molar-refractivity contribution is 8.00. The van der Waals surface area contributed by atoms with Crippen molar-refractivity contribution in [1.82, 2.24) is 24.2 Å². The fourth-order valence-electron chi connectivity index (χ4n) is 1.89. The molecular formula is C14H16N6S2. The summed E-state index contributed by atoms with van der Waals surface area (Å²) in [5, 5.41) is 8.93. The van der Waals surface area contributed by atoms with Crippen LogP contribution in [0.25, 0.3) is 11.4 Å². The van der Waals surface area contributed by atoms with E-state index in [1.54, 1.807) is 0 Å². The Hall–Kier alpha value is -1.93. The molecule has 0 aliphatic carbocycles. The minimum atomic E-state index is -0.156. The minimum absolute atomic E-state index is 0.156. The number of benzene rings is 1. The van der Waals surface area contributed by atoms with Crippen molar-refractivity contribution in [3.8, 4) is 11.4 Å². The quantitative estimate of drug-likeness (QED) is 0.743. The van der Waals surface area contributed by atoms with Gasteiger partial charge in [0.05, 0.1) is 0 Å². The summed E-state index contributed by atoms with van der Waals surface area (Å²) in [6, 6.07) is 9.88. The van der Waals surface area contributed by atoms with Crippen LogP contribution in [0.15, 0.2) is 39.8 Å². The van der Waals surface area contributed by atoms with Gasteiger partial charge >= 0.3 is 0 Å². The van der Waals surface area contributed by atoms with Gasteiger partial charge in [0.1, 0.15) is 0 Å². The van der Waals surface area contributed by atoms with E-state index >= 15 is 0 Å². The second kappa shape index (κ2) is 5.69. The minimum Gasteiger partial charge on any atom is -0.336 e. The maximum absolute atomic E-state index is 6.08. The highest BCUT2D eigenvalue weighted by Crippen LogP contribution is 2.31. The van der Waals surface area contributed by atoms with Gasteiger partial charge in [-0.15, -0.1) is 10.2 Å². The lowest BCUT2D eigenvalue weighted by molar-refractivity contribution is 0.523. The Morgan fingerprint density at radius 3 is 2.50 bits per heavy atom. The molecule has 0 radical (unpaired) electrons. The predicted molar refractivity (Wildman–Crippen MR) is 88.3 cm³/mol. The molecular weight excluding hydrogens is 316 g/mol. The van der Waals surface area contributed by atoms with E-state index in [9.17, 15) is 0 Å². The summed E-state index contributed by atoms with van der Waals surface area (Å²) in [4.78, 5) is 4.52. The van der Waals surface area contributed by atoms with Crippen molar-refractivity contribution in [3.05, 3.63) is 36.2 Å². The molecule has 22 heavy (non-hydrogen) atoms. The van der Waals surface area contributed by atoms with Crippen LogP contribution in [-0.2, 0) is 5.41 Å². The third-order valence-electron chi connectivity index (χ3n) is 2.95. The predicted octanol–water partition coefficient (Wildman–Crippen LogP) is 2.96. The molecule has 2 N–H and O–H groups in total. The molecule has 0 saturated carbocycles. The van der Waals surface area contributed by atoms with Crippen LogP contribution < -0.4 is 5.84 Å². The fourth-order valence-corrected chi connectivity index (χ4v) is 3.37. The molecule has 0 aliphatic rings. The molecule has 0 unspecified atom stereocenters. The Bertz CT molecular complexity index is 772. The van der Waals surface area contributed by atoms with Gasteiger partial charge in [0.15, 0.2) is 16.0 Å². The number of hydrogen-bond donors (Lipinski definition) is 1. The van der Waals surface area contributed by atoms with E-state index in [0.29, 0.717) is 11.0 Å². The molecule has 0 aliphatic heterocycles. The SMILES string of the molecule is CC(C)(C)c1nnc(Sc2nc(-c3ccccc3)ns2)n1N. The largest absolute Gasteiger partial charge is 0.336 e. The second-order valence-corrected chi connectivity index (χ2v) is 7.74. The van der Waals surface area contributed by atoms with Crippen molar-refractivity contribution in [2.24, 2.45) is 0 Å². The summed E-state index contributed by atoms with van der Waals surface area (Å²) in [5.41, 5.74) is 0.840. The highest BCUT2D eigenvalue weighted by Gasteiger charge is 2.23. The maximum Gasteiger partial charge on any atom is 0.216 e. The zero-order valence-corrected chi connectivity index (χ0v) is 14.1. The van der Waals surface area contributed by atoms with Gasteiger partial charge in [0.2, 0.25) is 5.16 Å². The van der Waals surface area contributed by atoms with E-state index in [-0.39, 0.29) is 5.41 Å². The standard InChI is InChI=1S/C14H16N6S2/c1-14(2,3)11-17-18-12(20(11)15)21-13-16-10(19-22-13)9-7-5-4-6-8-9/h4-8H,15H2,1-3H3. The molecule has 2 aromatic heterocycles. The van der Waals surface area contributed by atoms with Crippen molar-refractivity contribution in [2.75, 3.05) is 5.84 Å². The van der Waals surface area contributed by atoms with Crippen LogP contribution >= 0.6 is 23.3 Å². The van der Waals surface area contributed by atoms with Crippen LogP contribution in [0, 0.1) is 0 Å². The van der Waals surface area contributed by atoms with Crippen molar-refractivity contribution in [2.45, 2.75) is 35.7 Å². The first-order valence-electron chi connectivity index (χ1n) is 6.73. The van der Waals surface area contributed by atoms with Gasteiger partial charge in [0.25, 0.3) is 0 Å². The van der Waals surface area contributed by atoms with Crippen LogP contribution in [0.2, 0.25) is 0 Å². The zero-order chi connectivity index (χ0) is 15.7. The van der Waals surface area contributed by atoms with Crippen LogP contribution in [0.3, 0.4) is 0 Å². The Morgan fingerprint density at radius 2 is 1.86 bits per heavy atom. The Kier molecular flexibility index (Phi) is 3.88. The van der Waals surface area contributed by atoms with E-state index in [0.717, 1.165) is 15.7 Å². The van der Waals surface area contributed by atoms with E-state index in [2.05, 4.69) is 19.6 Å². The van der Waals surface area contributed by atoms with Gasteiger partial charge in [-0.1, -0.05) is 51.1 Å². The second-order valence-electron chi connectivity index (χ2n) is 5.78. The lowest BCUT2D eigenvalue weighted by Gasteiger charge is -2.16. The third kappa shape index (κ3) is 2.97.